The number of hydrogen-bond acceptors (Lipinski definition) is 5. The molecule has 0 bridgehead atoms. The van der Waals surface area contributed by atoms with Crippen molar-refractivity contribution in [2.75, 3.05) is 12.8 Å². The Kier molecular flexibility index (Phi) is 4.57. The largest absolute Gasteiger partial charge is 0.398 e. The van der Waals surface area contributed by atoms with Crippen molar-refractivity contribution in [1.29, 1.82) is 0 Å². The van der Waals surface area contributed by atoms with Gasteiger partial charge in [-0.2, -0.15) is 4.31 Å². The van der Waals surface area contributed by atoms with Crippen molar-refractivity contribution >= 4 is 38.6 Å². The Bertz CT molecular complexity index is 772. The molecule has 0 spiro atoms. The predicted molar refractivity (Wildman–Crippen MR) is 86.1 cm³/mol. The first-order chi connectivity index (χ1) is 9.73. The van der Waals surface area contributed by atoms with Gasteiger partial charge in [-0.25, -0.2) is 13.4 Å². The molecular formula is C13H16ClN3O2S2. The van der Waals surface area contributed by atoms with E-state index < -0.39 is 10.0 Å². The zero-order chi connectivity index (χ0) is 15.8. The first-order valence-corrected chi connectivity index (χ1v) is 8.84. The number of sulfonamides is 1. The number of aromatic nitrogens is 1. The maximum Gasteiger partial charge on any atom is 0.244 e. The fourth-order valence-electron chi connectivity index (χ4n) is 1.80. The minimum absolute atomic E-state index is 0.0249. The van der Waals surface area contributed by atoms with Gasteiger partial charge < -0.3 is 5.73 Å². The van der Waals surface area contributed by atoms with Crippen LogP contribution in [0.2, 0.25) is 5.02 Å². The molecule has 0 aliphatic heterocycles. The van der Waals surface area contributed by atoms with Crippen LogP contribution in [0.1, 0.15) is 16.1 Å². The van der Waals surface area contributed by atoms with Crippen LogP contribution in [0.25, 0.3) is 0 Å². The lowest BCUT2D eigenvalue weighted by Crippen LogP contribution is -2.26. The summed E-state index contributed by atoms with van der Waals surface area (Å²) in [6, 6.07) is 2.97. The molecule has 0 radical (unpaired) electrons. The van der Waals surface area contributed by atoms with Crippen LogP contribution in [0.4, 0.5) is 5.69 Å². The van der Waals surface area contributed by atoms with E-state index in [2.05, 4.69) is 4.98 Å². The molecule has 114 valence electrons. The third-order valence-corrected chi connectivity index (χ3v) is 6.41. The van der Waals surface area contributed by atoms with Crippen molar-refractivity contribution in [1.82, 2.24) is 9.29 Å². The molecule has 1 heterocycles. The van der Waals surface area contributed by atoms with Gasteiger partial charge in [0.25, 0.3) is 0 Å². The number of aryl methyl sites for hydroxylation is 2. The lowest BCUT2D eigenvalue weighted by atomic mass is 10.2. The molecule has 0 atom stereocenters. The second-order valence-corrected chi connectivity index (χ2v) is 8.12. The quantitative estimate of drug-likeness (QED) is 0.864. The van der Waals surface area contributed by atoms with Crippen LogP contribution in [-0.4, -0.2) is 24.8 Å². The molecule has 0 aliphatic rings. The molecule has 0 aliphatic carbocycles. The molecule has 0 unspecified atom stereocenters. The summed E-state index contributed by atoms with van der Waals surface area (Å²) in [5, 5.41) is 0.176. The highest BCUT2D eigenvalue weighted by molar-refractivity contribution is 7.89. The highest BCUT2D eigenvalue weighted by atomic mass is 35.5. The van der Waals surface area contributed by atoms with Crippen LogP contribution in [-0.2, 0) is 16.6 Å². The Labute approximate surface area is 133 Å². The summed E-state index contributed by atoms with van der Waals surface area (Å²) in [5.41, 5.74) is 9.48. The van der Waals surface area contributed by atoms with Crippen LogP contribution in [0.3, 0.4) is 0 Å². The first kappa shape index (κ1) is 16.2. The number of anilines is 1. The maximum atomic E-state index is 12.6. The second-order valence-electron chi connectivity index (χ2n) is 4.76. The number of nitrogens with two attached hydrogens (primary N) is 1. The van der Waals surface area contributed by atoms with Gasteiger partial charge in [0.1, 0.15) is 4.90 Å². The fourth-order valence-corrected chi connectivity index (χ4v) is 4.44. The molecule has 0 amide bonds. The van der Waals surface area contributed by atoms with Crippen molar-refractivity contribution in [2.45, 2.75) is 25.3 Å². The molecule has 21 heavy (non-hydrogen) atoms. The fraction of sp³-hybridized carbons (Fsp3) is 0.308. The number of benzene rings is 1. The molecule has 1 aromatic carbocycles. The van der Waals surface area contributed by atoms with Crippen LogP contribution in [0.5, 0.6) is 0 Å². The van der Waals surface area contributed by atoms with E-state index >= 15 is 0 Å². The Morgan fingerprint density at radius 1 is 1.38 bits per heavy atom. The van der Waals surface area contributed by atoms with Crippen LogP contribution in [0.15, 0.2) is 22.5 Å². The lowest BCUT2D eigenvalue weighted by molar-refractivity contribution is 0.469. The minimum atomic E-state index is -3.70. The average Bonchev–Trinajstić information content (AvgIpc) is 2.79. The molecule has 8 heteroatoms. The monoisotopic (exact) mass is 345 g/mol. The molecule has 2 N–H and O–H groups in total. The normalized spacial score (nSPS) is 12.0. The summed E-state index contributed by atoms with van der Waals surface area (Å²) < 4.78 is 26.5. The minimum Gasteiger partial charge on any atom is -0.398 e. The van der Waals surface area contributed by atoms with Gasteiger partial charge in [0.05, 0.1) is 16.2 Å². The topological polar surface area (TPSA) is 76.3 Å². The maximum absolute atomic E-state index is 12.6. The van der Waals surface area contributed by atoms with Crippen molar-refractivity contribution < 1.29 is 8.42 Å². The Morgan fingerprint density at radius 3 is 2.62 bits per heavy atom. The summed E-state index contributed by atoms with van der Waals surface area (Å²) >= 11 is 7.50. The Hall–Kier alpha value is -1.15. The number of nitrogens with zero attached hydrogens (tertiary/aromatic N) is 2. The highest BCUT2D eigenvalue weighted by Gasteiger charge is 2.25. The molecule has 5 nitrogen and oxygen atoms in total. The third kappa shape index (κ3) is 3.21. The zero-order valence-electron chi connectivity index (χ0n) is 11.9. The molecule has 2 rings (SSSR count). The highest BCUT2D eigenvalue weighted by Crippen LogP contribution is 2.29. The van der Waals surface area contributed by atoms with E-state index in [4.69, 9.17) is 17.3 Å². The van der Waals surface area contributed by atoms with Crippen molar-refractivity contribution in [2.24, 2.45) is 0 Å². The number of rotatable bonds is 4. The number of thiazole rings is 1. The van der Waals surface area contributed by atoms with E-state index in [1.54, 1.807) is 18.5 Å². The molecule has 2 aromatic rings. The van der Waals surface area contributed by atoms with Gasteiger partial charge in [-0.3, -0.25) is 0 Å². The molecule has 1 aromatic heterocycles. The smallest absolute Gasteiger partial charge is 0.244 e. The van der Waals surface area contributed by atoms with Gasteiger partial charge in [-0.05, 0) is 31.5 Å². The average molecular weight is 346 g/mol. The Balaban J connectivity index is 2.38. The standard InChI is InChI=1S/C13H16ClN3O2S2/c1-8-4-10(14)13(5-11(8)15)21(18,19)17(3)6-12-9(2)16-7-20-12/h4-5,7H,6,15H2,1-3H3. The van der Waals surface area contributed by atoms with Gasteiger partial charge in [-0.15, -0.1) is 11.3 Å². The summed E-state index contributed by atoms with van der Waals surface area (Å²) in [6.07, 6.45) is 0. The van der Waals surface area contributed by atoms with E-state index in [0.717, 1.165) is 16.1 Å². The lowest BCUT2D eigenvalue weighted by Gasteiger charge is -2.18. The summed E-state index contributed by atoms with van der Waals surface area (Å²) in [5.74, 6) is 0. The van der Waals surface area contributed by atoms with E-state index in [0.29, 0.717) is 5.69 Å². The second kappa shape index (κ2) is 5.92. The van der Waals surface area contributed by atoms with Crippen LogP contribution >= 0.6 is 22.9 Å². The van der Waals surface area contributed by atoms with Gasteiger partial charge in [0, 0.05) is 24.2 Å². The van der Waals surface area contributed by atoms with Crippen LogP contribution < -0.4 is 5.73 Å². The summed E-state index contributed by atoms with van der Waals surface area (Å²) in [4.78, 5) is 5.04. The van der Waals surface area contributed by atoms with Crippen molar-refractivity contribution in [3.05, 3.63) is 38.8 Å². The van der Waals surface area contributed by atoms with E-state index in [1.165, 1.54) is 28.8 Å². The van der Waals surface area contributed by atoms with Gasteiger partial charge in [-0.1, -0.05) is 11.6 Å². The molecular weight excluding hydrogens is 330 g/mol. The van der Waals surface area contributed by atoms with Crippen molar-refractivity contribution in [3.8, 4) is 0 Å². The summed E-state index contributed by atoms with van der Waals surface area (Å²) in [6.45, 7) is 3.88. The number of nitrogen functional groups attached to an aromatic ring is 1. The van der Waals surface area contributed by atoms with E-state index in [9.17, 15) is 8.42 Å². The van der Waals surface area contributed by atoms with Gasteiger partial charge in [0.15, 0.2) is 0 Å². The Morgan fingerprint density at radius 2 is 2.05 bits per heavy atom. The molecule has 0 saturated carbocycles. The van der Waals surface area contributed by atoms with Crippen LogP contribution in [0, 0.1) is 13.8 Å². The molecule has 0 fully saturated rings. The number of hydrogen-bond donors (Lipinski definition) is 1. The third-order valence-electron chi connectivity index (χ3n) is 3.22. The number of halogens is 1. The molecule has 0 saturated heterocycles. The van der Waals surface area contributed by atoms with Crippen molar-refractivity contribution in [3.63, 3.8) is 0 Å². The summed E-state index contributed by atoms with van der Waals surface area (Å²) in [7, 11) is -2.19. The van der Waals surface area contributed by atoms with E-state index in [1.807, 2.05) is 6.92 Å². The zero-order valence-corrected chi connectivity index (χ0v) is 14.3. The van der Waals surface area contributed by atoms with Gasteiger partial charge >= 0.3 is 0 Å². The predicted octanol–water partition coefficient (Wildman–Crippen LogP) is 2.82. The first-order valence-electron chi connectivity index (χ1n) is 6.14. The van der Waals surface area contributed by atoms with Gasteiger partial charge in [0.2, 0.25) is 10.0 Å². The van der Waals surface area contributed by atoms with E-state index in [-0.39, 0.29) is 16.5 Å². The SMILES string of the molecule is Cc1cc(Cl)c(S(=O)(=O)N(C)Cc2scnc2C)cc1N.